The highest BCUT2D eigenvalue weighted by Gasteiger charge is 2.24. The van der Waals surface area contributed by atoms with Crippen molar-refractivity contribution < 1.29 is 0 Å². The van der Waals surface area contributed by atoms with Crippen LogP contribution in [0.25, 0.3) is 0 Å². The van der Waals surface area contributed by atoms with Crippen molar-refractivity contribution in [3.05, 3.63) is 44.6 Å². The van der Waals surface area contributed by atoms with E-state index in [9.17, 15) is 9.59 Å². The average molecular weight is 244 g/mol. The SMILES string of the molecule is Cc1cccc2c1N(C)c1[nH]c(=O)[nH]c(=O)c1N2. The zero-order chi connectivity index (χ0) is 12.9. The third-order valence-electron chi connectivity index (χ3n) is 3.09. The van der Waals surface area contributed by atoms with Crippen LogP contribution >= 0.6 is 0 Å². The van der Waals surface area contributed by atoms with Gasteiger partial charge in [-0.2, -0.15) is 0 Å². The third kappa shape index (κ3) is 1.35. The van der Waals surface area contributed by atoms with Gasteiger partial charge in [0.25, 0.3) is 5.56 Å². The van der Waals surface area contributed by atoms with E-state index in [4.69, 9.17) is 0 Å². The number of fused-ring (bicyclic) bond motifs is 2. The van der Waals surface area contributed by atoms with Crippen molar-refractivity contribution in [1.29, 1.82) is 0 Å². The molecule has 6 heteroatoms. The minimum Gasteiger partial charge on any atom is -0.346 e. The Morgan fingerprint density at radius 2 is 1.94 bits per heavy atom. The quantitative estimate of drug-likeness (QED) is 0.650. The third-order valence-corrected chi connectivity index (χ3v) is 3.09. The number of hydrogen-bond donors (Lipinski definition) is 3. The van der Waals surface area contributed by atoms with Gasteiger partial charge in [0, 0.05) is 7.05 Å². The normalized spacial score (nSPS) is 12.7. The van der Waals surface area contributed by atoms with Gasteiger partial charge in [-0.1, -0.05) is 12.1 Å². The van der Waals surface area contributed by atoms with Crippen molar-refractivity contribution in [3.8, 4) is 0 Å². The fourth-order valence-electron chi connectivity index (χ4n) is 2.29. The Balaban J connectivity index is 2.32. The van der Waals surface area contributed by atoms with E-state index in [1.807, 2.05) is 37.1 Å². The van der Waals surface area contributed by atoms with E-state index in [1.165, 1.54) is 0 Å². The number of nitrogens with zero attached hydrogens (tertiary/aromatic N) is 1. The molecule has 0 saturated carbocycles. The van der Waals surface area contributed by atoms with E-state index < -0.39 is 11.2 Å². The molecule has 2 heterocycles. The molecule has 6 nitrogen and oxygen atoms in total. The predicted octanol–water partition coefficient (Wildman–Crippen LogP) is 1.20. The van der Waals surface area contributed by atoms with Gasteiger partial charge in [0.05, 0.1) is 11.4 Å². The van der Waals surface area contributed by atoms with Crippen molar-refractivity contribution in [2.24, 2.45) is 0 Å². The van der Waals surface area contributed by atoms with Crippen LogP contribution in [0.5, 0.6) is 0 Å². The lowest BCUT2D eigenvalue weighted by atomic mass is 10.1. The molecule has 1 aromatic heterocycles. The Bertz CT molecular complexity index is 744. The second-order valence-corrected chi connectivity index (χ2v) is 4.29. The molecule has 0 bridgehead atoms. The summed E-state index contributed by atoms with van der Waals surface area (Å²) in [5, 5.41) is 3.05. The molecule has 1 aliphatic rings. The molecule has 0 fully saturated rings. The van der Waals surface area contributed by atoms with Crippen LogP contribution < -0.4 is 21.5 Å². The van der Waals surface area contributed by atoms with E-state index in [1.54, 1.807) is 0 Å². The second kappa shape index (κ2) is 3.49. The van der Waals surface area contributed by atoms with Crippen LogP contribution in [-0.4, -0.2) is 17.0 Å². The van der Waals surface area contributed by atoms with E-state index in [-0.39, 0.29) is 0 Å². The summed E-state index contributed by atoms with van der Waals surface area (Å²) in [4.78, 5) is 29.8. The number of aromatic amines is 2. The molecule has 0 saturated heterocycles. The van der Waals surface area contributed by atoms with E-state index in [0.29, 0.717) is 11.5 Å². The van der Waals surface area contributed by atoms with Gasteiger partial charge in [0.2, 0.25) is 0 Å². The minimum atomic E-state index is -0.510. The number of para-hydroxylation sites is 1. The van der Waals surface area contributed by atoms with Crippen molar-refractivity contribution in [3.63, 3.8) is 0 Å². The van der Waals surface area contributed by atoms with E-state index >= 15 is 0 Å². The monoisotopic (exact) mass is 244 g/mol. The summed E-state index contributed by atoms with van der Waals surface area (Å²) in [6, 6.07) is 5.79. The van der Waals surface area contributed by atoms with Crippen molar-refractivity contribution >= 4 is 22.9 Å². The molecular formula is C12H12N4O2. The topological polar surface area (TPSA) is 81.0 Å². The van der Waals surface area contributed by atoms with Gasteiger partial charge in [-0.3, -0.25) is 14.8 Å². The van der Waals surface area contributed by atoms with Crippen molar-refractivity contribution in [1.82, 2.24) is 9.97 Å². The summed E-state index contributed by atoms with van der Waals surface area (Å²) < 4.78 is 0. The lowest BCUT2D eigenvalue weighted by Crippen LogP contribution is -2.31. The van der Waals surface area contributed by atoms with Gasteiger partial charge < -0.3 is 10.2 Å². The fourth-order valence-corrected chi connectivity index (χ4v) is 2.29. The largest absolute Gasteiger partial charge is 0.346 e. The van der Waals surface area contributed by atoms with Crippen LogP contribution in [0, 0.1) is 6.92 Å². The van der Waals surface area contributed by atoms with Crippen LogP contribution in [0.3, 0.4) is 0 Å². The van der Waals surface area contributed by atoms with Crippen LogP contribution in [0.2, 0.25) is 0 Å². The maximum absolute atomic E-state index is 11.8. The lowest BCUT2D eigenvalue weighted by Gasteiger charge is -2.30. The van der Waals surface area contributed by atoms with Crippen molar-refractivity contribution in [2.45, 2.75) is 6.92 Å². The number of aromatic nitrogens is 2. The maximum Gasteiger partial charge on any atom is 0.327 e. The van der Waals surface area contributed by atoms with Gasteiger partial charge >= 0.3 is 5.69 Å². The second-order valence-electron chi connectivity index (χ2n) is 4.29. The van der Waals surface area contributed by atoms with Crippen molar-refractivity contribution in [2.75, 3.05) is 17.3 Å². The molecule has 3 rings (SSSR count). The van der Waals surface area contributed by atoms with Gasteiger partial charge in [-0.05, 0) is 18.6 Å². The highest BCUT2D eigenvalue weighted by atomic mass is 16.2. The Kier molecular flexibility index (Phi) is 2.07. The van der Waals surface area contributed by atoms with Gasteiger partial charge in [0.15, 0.2) is 0 Å². The first-order chi connectivity index (χ1) is 8.58. The van der Waals surface area contributed by atoms with E-state index in [2.05, 4.69) is 15.3 Å². The predicted molar refractivity (Wildman–Crippen MR) is 70.2 cm³/mol. The molecule has 0 spiro atoms. The molecule has 0 radical (unpaired) electrons. The molecule has 18 heavy (non-hydrogen) atoms. The van der Waals surface area contributed by atoms with Gasteiger partial charge in [-0.15, -0.1) is 0 Å². The number of anilines is 4. The molecule has 92 valence electrons. The van der Waals surface area contributed by atoms with Gasteiger partial charge in [-0.25, -0.2) is 4.79 Å². The lowest BCUT2D eigenvalue weighted by molar-refractivity contribution is 0.989. The molecule has 0 atom stereocenters. The molecule has 1 aromatic carbocycles. The molecule has 3 N–H and O–H groups in total. The summed E-state index contributed by atoms with van der Waals surface area (Å²) in [6.45, 7) is 1.98. The zero-order valence-electron chi connectivity index (χ0n) is 10.00. The first kappa shape index (κ1) is 10.6. The summed E-state index contributed by atoms with van der Waals surface area (Å²) in [6.07, 6.45) is 0. The smallest absolute Gasteiger partial charge is 0.327 e. The van der Waals surface area contributed by atoms with Crippen LogP contribution in [0.4, 0.5) is 22.9 Å². The molecule has 0 unspecified atom stereocenters. The summed E-state index contributed by atoms with van der Waals surface area (Å²) in [7, 11) is 1.82. The van der Waals surface area contributed by atoms with Crippen LogP contribution in [-0.2, 0) is 0 Å². The maximum atomic E-state index is 11.8. The number of nitrogens with one attached hydrogen (secondary N) is 3. The fraction of sp³-hybridized carbons (Fsp3) is 0.167. The Morgan fingerprint density at radius 1 is 1.17 bits per heavy atom. The zero-order valence-corrected chi connectivity index (χ0v) is 10.00. The van der Waals surface area contributed by atoms with Crippen LogP contribution in [0.15, 0.2) is 27.8 Å². The number of aryl methyl sites for hydroxylation is 1. The Hall–Kier alpha value is -2.50. The standard InChI is InChI=1S/C12H12N4O2/c1-6-4-3-5-7-9(6)16(2)10-8(13-7)11(17)15-12(18)14-10/h3-5,13H,1-2H3,(H2,14,15,17,18). The number of H-pyrrole nitrogens is 2. The molecular weight excluding hydrogens is 232 g/mol. The molecule has 2 aromatic rings. The molecule has 0 amide bonds. The number of rotatable bonds is 0. The highest BCUT2D eigenvalue weighted by molar-refractivity contribution is 5.90. The van der Waals surface area contributed by atoms with Crippen LogP contribution in [0.1, 0.15) is 5.56 Å². The first-order valence-corrected chi connectivity index (χ1v) is 5.55. The average Bonchev–Trinajstić information content (AvgIpc) is 2.31. The Labute approximate surface area is 102 Å². The minimum absolute atomic E-state index is 0.357. The van der Waals surface area contributed by atoms with Gasteiger partial charge in [0.1, 0.15) is 11.5 Å². The molecule has 1 aliphatic heterocycles. The highest BCUT2D eigenvalue weighted by Crippen LogP contribution is 2.40. The molecule has 0 aliphatic carbocycles. The first-order valence-electron chi connectivity index (χ1n) is 5.55. The van der Waals surface area contributed by atoms with E-state index in [0.717, 1.165) is 16.9 Å². The Morgan fingerprint density at radius 3 is 2.72 bits per heavy atom. The summed E-state index contributed by atoms with van der Waals surface area (Å²) >= 11 is 0. The summed E-state index contributed by atoms with van der Waals surface area (Å²) in [5.74, 6) is 0.477. The number of benzene rings is 1. The summed E-state index contributed by atoms with van der Waals surface area (Å²) in [5.41, 5.74) is 2.29. The number of hydrogen-bond acceptors (Lipinski definition) is 4.